The first-order valence-corrected chi connectivity index (χ1v) is 8.27. The van der Waals surface area contributed by atoms with Crippen LogP contribution in [0.4, 0.5) is 0 Å². The predicted octanol–water partition coefficient (Wildman–Crippen LogP) is 4.83. The molecule has 108 valence electrons. The van der Waals surface area contributed by atoms with Crippen LogP contribution in [0.5, 0.6) is 0 Å². The van der Waals surface area contributed by atoms with Crippen molar-refractivity contribution in [1.29, 1.82) is 0 Å². The number of thioether (sulfide) groups is 1. The number of nitrogens with zero attached hydrogens (tertiary/aromatic N) is 1. The zero-order chi connectivity index (χ0) is 14.7. The van der Waals surface area contributed by atoms with Crippen LogP contribution >= 0.6 is 23.4 Å². The molecule has 0 amide bonds. The summed E-state index contributed by atoms with van der Waals surface area (Å²) in [5, 5.41) is 5.66. The van der Waals surface area contributed by atoms with Crippen molar-refractivity contribution in [2.75, 3.05) is 6.54 Å². The summed E-state index contributed by atoms with van der Waals surface area (Å²) in [6, 6.07) is 18.6. The molecule has 2 unspecified atom stereocenters. The highest BCUT2D eigenvalue weighted by Crippen LogP contribution is 2.35. The minimum Gasteiger partial charge on any atom is -0.358 e. The van der Waals surface area contributed by atoms with Crippen LogP contribution in [0.15, 0.2) is 59.6 Å². The van der Waals surface area contributed by atoms with Crippen molar-refractivity contribution >= 4 is 28.5 Å². The third-order valence-electron chi connectivity index (χ3n) is 3.54. The molecule has 2 nitrogen and oxygen atoms in total. The van der Waals surface area contributed by atoms with Gasteiger partial charge in [0.1, 0.15) is 0 Å². The smallest absolute Gasteiger partial charge is 0.157 e. The highest BCUT2D eigenvalue weighted by Gasteiger charge is 2.22. The van der Waals surface area contributed by atoms with Gasteiger partial charge in [-0.3, -0.25) is 4.99 Å². The van der Waals surface area contributed by atoms with Gasteiger partial charge in [0, 0.05) is 5.02 Å². The maximum atomic E-state index is 6.24. The molecule has 0 spiro atoms. The minimum atomic E-state index is 0.152. The fourth-order valence-corrected chi connectivity index (χ4v) is 3.79. The summed E-state index contributed by atoms with van der Waals surface area (Å²) in [6.07, 6.45) is 0. The molecule has 1 aliphatic rings. The highest BCUT2D eigenvalue weighted by atomic mass is 35.5. The van der Waals surface area contributed by atoms with Gasteiger partial charge in [-0.05, 0) is 24.1 Å². The molecule has 0 fully saturated rings. The fourth-order valence-electron chi connectivity index (χ4n) is 2.39. The molecule has 21 heavy (non-hydrogen) atoms. The van der Waals surface area contributed by atoms with Crippen LogP contribution in [0.3, 0.4) is 0 Å². The largest absolute Gasteiger partial charge is 0.358 e. The van der Waals surface area contributed by atoms with Crippen molar-refractivity contribution in [3.05, 3.63) is 70.7 Å². The lowest BCUT2D eigenvalue weighted by atomic mass is 10.1. The topological polar surface area (TPSA) is 24.4 Å². The summed E-state index contributed by atoms with van der Waals surface area (Å²) >= 11 is 8.03. The van der Waals surface area contributed by atoms with Crippen molar-refractivity contribution in [2.45, 2.75) is 18.2 Å². The molecule has 2 atom stereocenters. The van der Waals surface area contributed by atoms with Gasteiger partial charge in [-0.25, -0.2) is 0 Å². The Kier molecular flexibility index (Phi) is 4.51. The van der Waals surface area contributed by atoms with Gasteiger partial charge in [-0.2, -0.15) is 0 Å². The van der Waals surface area contributed by atoms with Crippen molar-refractivity contribution in [1.82, 2.24) is 5.32 Å². The average Bonchev–Trinajstić information content (AvgIpc) is 2.97. The van der Waals surface area contributed by atoms with Gasteiger partial charge in [0.25, 0.3) is 0 Å². The summed E-state index contributed by atoms with van der Waals surface area (Å²) in [6.45, 7) is 2.94. The zero-order valence-corrected chi connectivity index (χ0v) is 13.4. The van der Waals surface area contributed by atoms with E-state index in [0.29, 0.717) is 5.25 Å². The molecule has 1 N–H and O–H groups in total. The van der Waals surface area contributed by atoms with Gasteiger partial charge >= 0.3 is 0 Å². The Bertz CT molecular complexity index is 642. The molecule has 0 aromatic heterocycles. The molecular formula is C17H17ClN2S. The van der Waals surface area contributed by atoms with E-state index in [1.165, 1.54) is 5.56 Å². The molecular weight excluding hydrogens is 300 g/mol. The van der Waals surface area contributed by atoms with Crippen LogP contribution in [0, 0.1) is 0 Å². The van der Waals surface area contributed by atoms with E-state index in [4.69, 9.17) is 11.6 Å². The van der Waals surface area contributed by atoms with Crippen molar-refractivity contribution in [3.63, 3.8) is 0 Å². The SMILES string of the molecule is CC(NC1=NCC(c2ccccc2)S1)c1ccccc1Cl. The number of nitrogens with one attached hydrogen (secondary N) is 1. The van der Waals surface area contributed by atoms with E-state index < -0.39 is 0 Å². The van der Waals surface area contributed by atoms with Crippen LogP contribution in [0.2, 0.25) is 5.02 Å². The molecule has 0 saturated carbocycles. The maximum Gasteiger partial charge on any atom is 0.157 e. The lowest BCUT2D eigenvalue weighted by Crippen LogP contribution is -2.23. The monoisotopic (exact) mass is 316 g/mol. The number of aliphatic imine (C=N–C) groups is 1. The number of rotatable bonds is 3. The van der Waals surface area contributed by atoms with Gasteiger partial charge in [0.2, 0.25) is 0 Å². The molecule has 2 aromatic rings. The Morgan fingerprint density at radius 1 is 1.14 bits per heavy atom. The van der Waals surface area contributed by atoms with Crippen LogP contribution in [0.1, 0.15) is 29.3 Å². The second-order valence-corrected chi connectivity index (χ2v) is 6.65. The number of amidine groups is 1. The molecule has 4 heteroatoms. The normalized spacial score (nSPS) is 19.1. The summed E-state index contributed by atoms with van der Waals surface area (Å²) < 4.78 is 0. The molecule has 0 aliphatic carbocycles. The van der Waals surface area contributed by atoms with E-state index in [9.17, 15) is 0 Å². The Labute approximate surface area is 134 Å². The zero-order valence-electron chi connectivity index (χ0n) is 11.8. The van der Waals surface area contributed by atoms with Crippen molar-refractivity contribution in [3.8, 4) is 0 Å². The summed E-state index contributed by atoms with van der Waals surface area (Å²) in [7, 11) is 0. The molecule has 2 aromatic carbocycles. The molecule has 0 saturated heterocycles. The first-order valence-electron chi connectivity index (χ1n) is 7.01. The van der Waals surface area contributed by atoms with E-state index in [-0.39, 0.29) is 6.04 Å². The first kappa shape index (κ1) is 14.5. The number of benzene rings is 2. The molecule has 3 rings (SSSR count). The maximum absolute atomic E-state index is 6.24. The Morgan fingerprint density at radius 2 is 1.86 bits per heavy atom. The average molecular weight is 317 g/mol. The summed E-state index contributed by atoms with van der Waals surface area (Å²) in [5.74, 6) is 0. The van der Waals surface area contributed by atoms with Crippen LogP contribution in [0.25, 0.3) is 0 Å². The number of hydrogen-bond donors (Lipinski definition) is 1. The lowest BCUT2D eigenvalue weighted by Gasteiger charge is -2.17. The standard InChI is InChI=1S/C17H17ClN2S/c1-12(14-9-5-6-10-15(14)18)20-17-19-11-16(21-17)13-7-3-2-4-8-13/h2-10,12,16H,11H2,1H3,(H,19,20). The summed E-state index contributed by atoms with van der Waals surface area (Å²) in [4.78, 5) is 4.61. The third kappa shape index (κ3) is 3.42. The van der Waals surface area contributed by atoms with Crippen LogP contribution < -0.4 is 5.32 Å². The quantitative estimate of drug-likeness (QED) is 0.876. The Hall–Kier alpha value is -1.45. The van der Waals surface area contributed by atoms with E-state index in [0.717, 1.165) is 22.3 Å². The first-order chi connectivity index (χ1) is 10.2. The van der Waals surface area contributed by atoms with Crippen molar-refractivity contribution in [2.24, 2.45) is 4.99 Å². The van der Waals surface area contributed by atoms with Gasteiger partial charge in [-0.1, -0.05) is 71.9 Å². The highest BCUT2D eigenvalue weighted by molar-refractivity contribution is 8.14. The predicted molar refractivity (Wildman–Crippen MR) is 92.1 cm³/mol. The molecule has 1 heterocycles. The van der Waals surface area contributed by atoms with Crippen LogP contribution in [-0.2, 0) is 0 Å². The van der Waals surface area contributed by atoms with Gasteiger partial charge < -0.3 is 5.32 Å². The minimum absolute atomic E-state index is 0.152. The van der Waals surface area contributed by atoms with Crippen molar-refractivity contribution < 1.29 is 0 Å². The summed E-state index contributed by atoms with van der Waals surface area (Å²) in [5.41, 5.74) is 2.43. The number of halogens is 1. The molecule has 0 bridgehead atoms. The van der Waals surface area contributed by atoms with E-state index in [1.807, 2.05) is 24.3 Å². The van der Waals surface area contributed by atoms with Gasteiger partial charge in [-0.15, -0.1) is 0 Å². The van der Waals surface area contributed by atoms with Crippen LogP contribution in [-0.4, -0.2) is 11.7 Å². The van der Waals surface area contributed by atoms with E-state index >= 15 is 0 Å². The third-order valence-corrected chi connectivity index (χ3v) is 5.06. The molecule has 1 aliphatic heterocycles. The van der Waals surface area contributed by atoms with Gasteiger partial charge in [0.05, 0.1) is 17.8 Å². The second kappa shape index (κ2) is 6.54. The Morgan fingerprint density at radius 3 is 2.62 bits per heavy atom. The lowest BCUT2D eigenvalue weighted by molar-refractivity contribution is 0.723. The second-order valence-electron chi connectivity index (χ2n) is 5.05. The number of hydrogen-bond acceptors (Lipinski definition) is 3. The fraction of sp³-hybridized carbons (Fsp3) is 0.235. The van der Waals surface area contributed by atoms with E-state index in [2.05, 4.69) is 47.6 Å². The Balaban J connectivity index is 1.64. The molecule has 0 radical (unpaired) electrons. The van der Waals surface area contributed by atoms with Gasteiger partial charge in [0.15, 0.2) is 5.17 Å². The van der Waals surface area contributed by atoms with E-state index in [1.54, 1.807) is 11.8 Å².